The van der Waals surface area contributed by atoms with Gasteiger partial charge in [0, 0.05) is 31.7 Å². The summed E-state index contributed by atoms with van der Waals surface area (Å²) in [6.07, 6.45) is 2.45. The van der Waals surface area contributed by atoms with Crippen LogP contribution in [0.1, 0.15) is 18.4 Å². The Morgan fingerprint density at radius 1 is 1.18 bits per heavy atom. The van der Waals surface area contributed by atoms with Crippen molar-refractivity contribution >= 4 is 16.5 Å². The summed E-state index contributed by atoms with van der Waals surface area (Å²) in [6.45, 7) is 3.29. The molecule has 116 valence electrons. The molecule has 0 aliphatic carbocycles. The van der Waals surface area contributed by atoms with Crippen molar-refractivity contribution in [2.45, 2.75) is 31.5 Å². The second kappa shape index (κ2) is 5.85. The van der Waals surface area contributed by atoms with E-state index in [1.54, 1.807) is 18.4 Å². The Morgan fingerprint density at radius 2 is 2.00 bits per heavy atom. The number of anilines is 1. The van der Waals surface area contributed by atoms with Crippen LogP contribution in [0.15, 0.2) is 29.8 Å². The fourth-order valence-corrected chi connectivity index (χ4v) is 4.41. The van der Waals surface area contributed by atoms with Gasteiger partial charge in [-0.15, -0.1) is 10.2 Å². The quantitative estimate of drug-likeness (QED) is 0.866. The van der Waals surface area contributed by atoms with Crippen molar-refractivity contribution in [2.24, 2.45) is 0 Å². The molecule has 0 unspecified atom stereocenters. The van der Waals surface area contributed by atoms with E-state index in [0.29, 0.717) is 12.1 Å². The molecule has 4 rings (SSSR count). The van der Waals surface area contributed by atoms with Gasteiger partial charge in [-0.2, -0.15) is 0 Å². The maximum absolute atomic E-state index is 5.23. The number of likely N-dealkylation sites (tertiary alicyclic amines) is 1. The summed E-state index contributed by atoms with van der Waals surface area (Å²) in [4.78, 5) is 5.07. The first kappa shape index (κ1) is 14.0. The molecule has 1 aromatic heterocycles. The van der Waals surface area contributed by atoms with E-state index in [2.05, 4.69) is 32.1 Å². The van der Waals surface area contributed by atoms with Crippen LogP contribution in [0.5, 0.6) is 5.75 Å². The van der Waals surface area contributed by atoms with E-state index in [9.17, 15) is 0 Å². The van der Waals surface area contributed by atoms with E-state index in [0.717, 1.165) is 30.5 Å². The molecule has 2 aliphatic heterocycles. The highest BCUT2D eigenvalue weighted by Gasteiger charge is 2.43. The zero-order valence-corrected chi connectivity index (χ0v) is 13.5. The second-order valence-corrected chi connectivity index (χ2v) is 6.76. The van der Waals surface area contributed by atoms with Gasteiger partial charge < -0.3 is 9.64 Å². The fourth-order valence-electron chi connectivity index (χ4n) is 3.77. The van der Waals surface area contributed by atoms with Gasteiger partial charge in [-0.1, -0.05) is 23.5 Å². The maximum atomic E-state index is 5.23. The Hall–Kier alpha value is -1.66. The summed E-state index contributed by atoms with van der Waals surface area (Å²) in [5.74, 6) is 0.923. The van der Waals surface area contributed by atoms with Crippen molar-refractivity contribution in [3.05, 3.63) is 35.3 Å². The molecule has 0 spiro atoms. The molecule has 2 atom stereocenters. The average molecular weight is 316 g/mol. The predicted molar refractivity (Wildman–Crippen MR) is 87.5 cm³/mol. The van der Waals surface area contributed by atoms with Crippen molar-refractivity contribution in [1.29, 1.82) is 0 Å². The van der Waals surface area contributed by atoms with Crippen LogP contribution in [-0.4, -0.2) is 47.4 Å². The summed E-state index contributed by atoms with van der Waals surface area (Å²) in [5, 5.41) is 9.32. The molecule has 1 aromatic carbocycles. The zero-order valence-electron chi connectivity index (χ0n) is 12.7. The molecule has 0 bridgehead atoms. The van der Waals surface area contributed by atoms with Crippen molar-refractivity contribution in [3.8, 4) is 5.75 Å². The maximum Gasteiger partial charge on any atom is 0.208 e. The van der Waals surface area contributed by atoms with Crippen LogP contribution in [-0.2, 0) is 6.54 Å². The molecule has 2 fully saturated rings. The molecule has 0 radical (unpaired) electrons. The predicted octanol–water partition coefficient (Wildman–Crippen LogP) is 2.40. The summed E-state index contributed by atoms with van der Waals surface area (Å²) >= 11 is 1.65. The molecule has 0 saturated carbocycles. The van der Waals surface area contributed by atoms with Gasteiger partial charge in [0.15, 0.2) is 0 Å². The van der Waals surface area contributed by atoms with Crippen LogP contribution in [0, 0.1) is 0 Å². The minimum atomic E-state index is 0.603. The van der Waals surface area contributed by atoms with Gasteiger partial charge in [-0.25, -0.2) is 0 Å². The molecule has 0 N–H and O–H groups in total. The van der Waals surface area contributed by atoms with Gasteiger partial charge >= 0.3 is 0 Å². The van der Waals surface area contributed by atoms with E-state index >= 15 is 0 Å². The number of rotatable bonds is 4. The molecule has 0 amide bonds. The average Bonchev–Trinajstić information content (AvgIpc) is 3.26. The number of nitrogens with zero attached hydrogens (tertiary/aromatic N) is 4. The Kier molecular flexibility index (Phi) is 3.72. The molecule has 6 heteroatoms. The topological polar surface area (TPSA) is 41.5 Å². The lowest BCUT2D eigenvalue weighted by atomic mass is 10.1. The third kappa shape index (κ3) is 2.46. The fraction of sp³-hybridized carbons (Fsp3) is 0.500. The van der Waals surface area contributed by atoms with E-state index < -0.39 is 0 Å². The number of hydrogen-bond donors (Lipinski definition) is 0. The SMILES string of the molecule is COc1ccc(CN2CC[C@@H]3[C@@H]2CCN3c2nncs2)cc1. The largest absolute Gasteiger partial charge is 0.497 e. The Bertz CT molecular complexity index is 616. The van der Waals surface area contributed by atoms with Gasteiger partial charge in [-0.3, -0.25) is 4.90 Å². The van der Waals surface area contributed by atoms with Gasteiger partial charge in [-0.05, 0) is 30.5 Å². The van der Waals surface area contributed by atoms with Crippen LogP contribution < -0.4 is 9.64 Å². The molecule has 22 heavy (non-hydrogen) atoms. The summed E-state index contributed by atoms with van der Waals surface area (Å²) in [5.41, 5.74) is 3.18. The van der Waals surface area contributed by atoms with Crippen LogP contribution >= 0.6 is 11.3 Å². The first-order valence-electron chi connectivity index (χ1n) is 7.75. The first-order valence-corrected chi connectivity index (χ1v) is 8.63. The lowest BCUT2D eigenvalue weighted by Gasteiger charge is -2.25. The van der Waals surface area contributed by atoms with Crippen LogP contribution in [0.3, 0.4) is 0 Å². The number of hydrogen-bond acceptors (Lipinski definition) is 6. The summed E-state index contributed by atoms with van der Waals surface area (Å²) in [7, 11) is 1.71. The molecule has 2 saturated heterocycles. The lowest BCUT2D eigenvalue weighted by Crippen LogP contribution is -2.36. The van der Waals surface area contributed by atoms with Crippen molar-refractivity contribution in [3.63, 3.8) is 0 Å². The van der Waals surface area contributed by atoms with E-state index in [4.69, 9.17) is 4.74 Å². The van der Waals surface area contributed by atoms with Gasteiger partial charge in [0.25, 0.3) is 0 Å². The van der Waals surface area contributed by atoms with Crippen LogP contribution in [0.2, 0.25) is 0 Å². The van der Waals surface area contributed by atoms with E-state index in [-0.39, 0.29) is 0 Å². The van der Waals surface area contributed by atoms with Crippen LogP contribution in [0.4, 0.5) is 5.13 Å². The van der Waals surface area contributed by atoms with Crippen molar-refractivity contribution in [1.82, 2.24) is 15.1 Å². The smallest absolute Gasteiger partial charge is 0.208 e. The number of ether oxygens (including phenoxy) is 1. The summed E-state index contributed by atoms with van der Waals surface area (Å²) < 4.78 is 5.23. The molecule has 2 aromatic rings. The van der Waals surface area contributed by atoms with Gasteiger partial charge in [0.2, 0.25) is 5.13 Å². The number of fused-ring (bicyclic) bond motifs is 1. The van der Waals surface area contributed by atoms with E-state index in [1.165, 1.54) is 18.4 Å². The highest BCUT2D eigenvalue weighted by molar-refractivity contribution is 7.13. The van der Waals surface area contributed by atoms with Crippen LogP contribution in [0.25, 0.3) is 0 Å². The zero-order chi connectivity index (χ0) is 14.9. The monoisotopic (exact) mass is 316 g/mol. The molecule has 3 heterocycles. The standard InChI is InChI=1S/C16H20N4OS/c1-21-13-4-2-12(3-5-13)10-19-8-6-15-14(19)7-9-20(15)16-18-17-11-22-16/h2-5,11,14-15H,6-10H2,1H3/t14-,15+/m0/s1. The Balaban J connectivity index is 1.44. The molecular weight excluding hydrogens is 296 g/mol. The molecular formula is C16H20N4OS. The molecule has 5 nitrogen and oxygen atoms in total. The van der Waals surface area contributed by atoms with Crippen molar-refractivity contribution < 1.29 is 4.74 Å². The third-order valence-electron chi connectivity index (χ3n) is 4.83. The normalized spacial score (nSPS) is 24.7. The van der Waals surface area contributed by atoms with Crippen molar-refractivity contribution in [2.75, 3.05) is 25.1 Å². The number of aromatic nitrogens is 2. The van der Waals surface area contributed by atoms with E-state index in [1.807, 2.05) is 17.6 Å². The highest BCUT2D eigenvalue weighted by Crippen LogP contribution is 2.36. The number of benzene rings is 1. The second-order valence-electron chi connectivity index (χ2n) is 5.95. The Labute approximate surface area is 134 Å². The first-order chi connectivity index (χ1) is 10.8. The van der Waals surface area contributed by atoms with Gasteiger partial charge in [0.05, 0.1) is 7.11 Å². The minimum Gasteiger partial charge on any atom is -0.497 e. The lowest BCUT2D eigenvalue weighted by molar-refractivity contribution is 0.246. The molecule has 2 aliphatic rings. The highest BCUT2D eigenvalue weighted by atomic mass is 32.1. The number of methoxy groups -OCH3 is 1. The Morgan fingerprint density at radius 3 is 2.73 bits per heavy atom. The third-order valence-corrected chi connectivity index (χ3v) is 5.56. The minimum absolute atomic E-state index is 0.603. The summed E-state index contributed by atoms with van der Waals surface area (Å²) in [6, 6.07) is 9.68. The van der Waals surface area contributed by atoms with Gasteiger partial charge in [0.1, 0.15) is 11.3 Å².